The molecule has 3 aromatic carbocycles. The van der Waals surface area contributed by atoms with E-state index in [1.807, 2.05) is 6.07 Å². The molecule has 0 bridgehead atoms. The van der Waals surface area contributed by atoms with Crippen molar-refractivity contribution < 1.29 is 26.4 Å². The minimum Gasteiger partial charge on any atom is -0.497 e. The predicted octanol–water partition coefficient (Wildman–Crippen LogP) is 4.14. The summed E-state index contributed by atoms with van der Waals surface area (Å²) in [5, 5.41) is 3.31. The number of ether oxygens (including phenoxy) is 1. The molecule has 39 heavy (non-hydrogen) atoms. The van der Waals surface area contributed by atoms with E-state index in [1.54, 1.807) is 24.3 Å². The van der Waals surface area contributed by atoms with E-state index < -0.39 is 26.0 Å². The number of nitrogens with zero attached hydrogens (tertiary/aromatic N) is 2. The van der Waals surface area contributed by atoms with E-state index in [2.05, 4.69) is 5.32 Å². The molecule has 12 heteroatoms. The first-order valence-electron chi connectivity index (χ1n) is 12.5. The number of amides is 1. The summed E-state index contributed by atoms with van der Waals surface area (Å²) in [7, 11) is -6.07. The van der Waals surface area contributed by atoms with Crippen molar-refractivity contribution in [2.24, 2.45) is 5.92 Å². The molecule has 0 saturated carbocycles. The van der Waals surface area contributed by atoms with E-state index >= 15 is 0 Å². The van der Waals surface area contributed by atoms with Crippen LogP contribution in [-0.2, 0) is 31.3 Å². The molecule has 9 nitrogen and oxygen atoms in total. The quantitative estimate of drug-likeness (QED) is 0.443. The second-order valence-electron chi connectivity index (χ2n) is 9.49. The summed E-state index contributed by atoms with van der Waals surface area (Å²) in [4.78, 5) is 13.5. The number of rotatable bonds is 7. The number of carbonyl (C=O) groups excluding carboxylic acids is 1. The van der Waals surface area contributed by atoms with Gasteiger partial charge in [0, 0.05) is 30.3 Å². The Morgan fingerprint density at radius 2 is 1.59 bits per heavy atom. The highest BCUT2D eigenvalue weighted by Crippen LogP contribution is 2.36. The standard InChI is InChI=1S/C27H28ClN3O6S2/c1-37-23-8-12-24(13-9-23)38(33,34)30-15-2-3-20(18-30)27(32)29-22-7-4-19-14-16-31(26(19)17-22)39(35,36)25-10-5-21(28)6-11-25/h4-13,17,20H,2-3,14-16,18H2,1H3,(H,29,32)/t20-/m1/s1. The second-order valence-corrected chi connectivity index (χ2v) is 13.7. The van der Waals surface area contributed by atoms with Gasteiger partial charge >= 0.3 is 0 Å². The molecule has 0 aromatic heterocycles. The maximum absolute atomic E-state index is 13.3. The molecule has 1 fully saturated rings. The molecule has 1 N–H and O–H groups in total. The predicted molar refractivity (Wildman–Crippen MR) is 149 cm³/mol. The molecule has 1 saturated heterocycles. The molecule has 2 aliphatic heterocycles. The van der Waals surface area contributed by atoms with Gasteiger partial charge in [0.1, 0.15) is 5.75 Å². The van der Waals surface area contributed by atoms with Crippen LogP contribution in [0.4, 0.5) is 11.4 Å². The van der Waals surface area contributed by atoms with Gasteiger partial charge in [0.15, 0.2) is 0 Å². The molecule has 0 aliphatic carbocycles. The van der Waals surface area contributed by atoms with Crippen LogP contribution < -0.4 is 14.4 Å². The Balaban J connectivity index is 1.31. The summed E-state index contributed by atoms with van der Waals surface area (Å²) in [6.45, 7) is 0.676. The third-order valence-electron chi connectivity index (χ3n) is 7.06. The fourth-order valence-corrected chi connectivity index (χ4v) is 8.07. The van der Waals surface area contributed by atoms with Gasteiger partial charge in [-0.25, -0.2) is 16.8 Å². The van der Waals surface area contributed by atoms with E-state index in [9.17, 15) is 21.6 Å². The van der Waals surface area contributed by atoms with Gasteiger partial charge in [-0.05, 0) is 85.5 Å². The number of halogens is 1. The number of hydrogen-bond acceptors (Lipinski definition) is 6. The Morgan fingerprint density at radius 3 is 2.28 bits per heavy atom. The zero-order valence-electron chi connectivity index (χ0n) is 21.2. The van der Waals surface area contributed by atoms with Gasteiger partial charge in [0.25, 0.3) is 10.0 Å². The maximum atomic E-state index is 13.3. The highest BCUT2D eigenvalue weighted by atomic mass is 35.5. The summed E-state index contributed by atoms with van der Waals surface area (Å²) in [6, 6.07) is 17.4. The minimum atomic E-state index is -3.81. The lowest BCUT2D eigenvalue weighted by molar-refractivity contribution is -0.120. The normalized spacial score (nSPS) is 18.0. The van der Waals surface area contributed by atoms with Crippen molar-refractivity contribution >= 4 is 48.9 Å². The average molecular weight is 590 g/mol. The van der Waals surface area contributed by atoms with Crippen LogP contribution in [0.3, 0.4) is 0 Å². The van der Waals surface area contributed by atoms with Crippen molar-refractivity contribution in [1.82, 2.24) is 4.31 Å². The lowest BCUT2D eigenvalue weighted by Gasteiger charge is -2.31. The van der Waals surface area contributed by atoms with E-state index in [1.165, 1.54) is 52.1 Å². The number of benzene rings is 3. The van der Waals surface area contributed by atoms with Crippen molar-refractivity contribution in [1.29, 1.82) is 0 Å². The van der Waals surface area contributed by atoms with Crippen molar-refractivity contribution in [2.45, 2.75) is 29.1 Å². The van der Waals surface area contributed by atoms with Crippen molar-refractivity contribution in [2.75, 3.05) is 36.4 Å². The fourth-order valence-electron chi connectivity index (χ4n) is 4.93. The summed E-state index contributed by atoms with van der Waals surface area (Å²) >= 11 is 5.92. The van der Waals surface area contributed by atoms with Crippen molar-refractivity contribution in [3.05, 3.63) is 77.3 Å². The van der Waals surface area contributed by atoms with Gasteiger partial charge in [-0.2, -0.15) is 4.31 Å². The van der Waals surface area contributed by atoms with Crippen LogP contribution in [0.25, 0.3) is 0 Å². The van der Waals surface area contributed by atoms with Crippen LogP contribution in [-0.4, -0.2) is 53.8 Å². The number of anilines is 2. The second kappa shape index (κ2) is 10.8. The molecular weight excluding hydrogens is 562 g/mol. The van der Waals surface area contributed by atoms with Gasteiger partial charge in [-0.3, -0.25) is 9.10 Å². The highest BCUT2D eigenvalue weighted by molar-refractivity contribution is 7.92. The molecule has 2 aliphatic rings. The molecule has 0 unspecified atom stereocenters. The van der Waals surface area contributed by atoms with Gasteiger partial charge in [-0.15, -0.1) is 0 Å². The molecule has 1 amide bonds. The first-order valence-corrected chi connectivity index (χ1v) is 15.7. The number of carbonyl (C=O) groups is 1. The highest BCUT2D eigenvalue weighted by Gasteiger charge is 2.34. The SMILES string of the molecule is COc1ccc(S(=O)(=O)N2CCC[C@@H](C(=O)Nc3ccc4c(c3)N(S(=O)(=O)c3ccc(Cl)cc3)CC4)C2)cc1. The zero-order chi connectivity index (χ0) is 27.8. The van der Waals surface area contributed by atoms with Crippen LogP contribution >= 0.6 is 11.6 Å². The number of fused-ring (bicyclic) bond motifs is 1. The van der Waals surface area contributed by atoms with Gasteiger partial charge in [-0.1, -0.05) is 17.7 Å². The molecule has 5 rings (SSSR count). The summed E-state index contributed by atoms with van der Waals surface area (Å²) in [5.41, 5.74) is 1.82. The van der Waals surface area contributed by atoms with Crippen molar-refractivity contribution in [3.63, 3.8) is 0 Å². The summed E-state index contributed by atoms with van der Waals surface area (Å²) in [5.74, 6) is -0.303. The van der Waals surface area contributed by atoms with Crippen LogP contribution in [0.2, 0.25) is 5.02 Å². The van der Waals surface area contributed by atoms with Crippen LogP contribution in [0.1, 0.15) is 18.4 Å². The number of nitrogens with one attached hydrogen (secondary N) is 1. The number of hydrogen-bond donors (Lipinski definition) is 1. The smallest absolute Gasteiger partial charge is 0.264 e. The molecular formula is C27H28ClN3O6S2. The number of piperidine rings is 1. The first kappa shape index (κ1) is 27.4. The lowest BCUT2D eigenvalue weighted by atomic mass is 9.98. The summed E-state index contributed by atoms with van der Waals surface area (Å²) < 4.78 is 60.8. The Labute approximate surface area is 233 Å². The summed E-state index contributed by atoms with van der Waals surface area (Å²) in [6.07, 6.45) is 1.64. The average Bonchev–Trinajstić information content (AvgIpc) is 3.37. The molecule has 0 radical (unpaired) electrons. The Bertz CT molecular complexity index is 1590. The number of sulfonamides is 2. The molecule has 3 aromatic rings. The zero-order valence-corrected chi connectivity index (χ0v) is 23.6. The topological polar surface area (TPSA) is 113 Å². The van der Waals surface area contributed by atoms with Crippen LogP contribution in [0.5, 0.6) is 5.75 Å². The molecule has 1 atom stereocenters. The van der Waals surface area contributed by atoms with Gasteiger partial charge < -0.3 is 10.1 Å². The van der Waals surface area contributed by atoms with E-state index in [-0.39, 0.29) is 22.2 Å². The Morgan fingerprint density at radius 1 is 0.923 bits per heavy atom. The lowest BCUT2D eigenvalue weighted by Crippen LogP contribution is -2.43. The van der Waals surface area contributed by atoms with Crippen molar-refractivity contribution in [3.8, 4) is 5.75 Å². The molecule has 2 heterocycles. The monoisotopic (exact) mass is 589 g/mol. The number of methoxy groups -OCH3 is 1. The maximum Gasteiger partial charge on any atom is 0.264 e. The molecule has 0 spiro atoms. The fraction of sp³-hybridized carbons (Fsp3) is 0.296. The first-order chi connectivity index (χ1) is 18.6. The van der Waals surface area contributed by atoms with Crippen LogP contribution in [0, 0.1) is 5.92 Å². The largest absolute Gasteiger partial charge is 0.497 e. The van der Waals surface area contributed by atoms with Gasteiger partial charge in [0.05, 0.1) is 28.5 Å². The van der Waals surface area contributed by atoms with Gasteiger partial charge in [0.2, 0.25) is 15.9 Å². The third-order valence-corrected chi connectivity index (χ3v) is 11.0. The van der Waals surface area contributed by atoms with E-state index in [4.69, 9.17) is 16.3 Å². The Kier molecular flexibility index (Phi) is 7.60. The van der Waals surface area contributed by atoms with E-state index in [0.717, 1.165) is 5.56 Å². The third kappa shape index (κ3) is 5.49. The minimum absolute atomic E-state index is 0.0577. The Hall–Kier alpha value is -3.12. The van der Waals surface area contributed by atoms with Crippen LogP contribution in [0.15, 0.2) is 76.5 Å². The van der Waals surface area contributed by atoms with E-state index in [0.29, 0.717) is 54.5 Å². The molecule has 206 valence electrons.